The van der Waals surface area contributed by atoms with Gasteiger partial charge in [-0.2, -0.15) is 0 Å². The quantitative estimate of drug-likeness (QED) is 0.638. The smallest absolute Gasteiger partial charge is 0.295 e. The van der Waals surface area contributed by atoms with Crippen molar-refractivity contribution in [1.82, 2.24) is 0 Å². The lowest BCUT2D eigenvalue weighted by Gasteiger charge is -2.38. The first-order valence-electron chi connectivity index (χ1n) is 5.81. The summed E-state index contributed by atoms with van der Waals surface area (Å²) in [7, 11) is 0. The third-order valence-corrected chi connectivity index (χ3v) is 3.40. The molecule has 0 saturated heterocycles. The molecule has 0 aliphatic carbocycles. The van der Waals surface area contributed by atoms with E-state index in [-0.39, 0.29) is 5.69 Å². The largest absolute Gasteiger partial charge is 0.388 e. The number of nitro benzene ring substituents is 1. The molecule has 100 valence electrons. The number of aliphatic hydroxyl groups is 1. The molecule has 0 fully saturated rings. The van der Waals surface area contributed by atoms with E-state index >= 15 is 0 Å². The van der Waals surface area contributed by atoms with Crippen LogP contribution in [0.3, 0.4) is 0 Å². The van der Waals surface area contributed by atoms with E-state index in [1.165, 1.54) is 0 Å². The van der Waals surface area contributed by atoms with Crippen LogP contribution in [-0.2, 0) is 0 Å². The Morgan fingerprint density at radius 2 is 1.83 bits per heavy atom. The highest BCUT2D eigenvalue weighted by Crippen LogP contribution is 2.33. The van der Waals surface area contributed by atoms with Crippen LogP contribution in [0.25, 0.3) is 0 Å². The topological polar surface area (TPSA) is 75.4 Å². The number of anilines is 1. The van der Waals surface area contributed by atoms with Crippen LogP contribution in [0.1, 0.15) is 33.3 Å². The van der Waals surface area contributed by atoms with E-state index in [1.807, 2.05) is 0 Å². The van der Waals surface area contributed by atoms with E-state index in [4.69, 9.17) is 0 Å². The van der Waals surface area contributed by atoms with Gasteiger partial charge in [0.1, 0.15) is 5.69 Å². The normalized spacial score (nSPS) is 12.3. The summed E-state index contributed by atoms with van der Waals surface area (Å²) in [4.78, 5) is 10.7. The average molecular weight is 252 g/mol. The molecule has 1 rings (SSSR count). The summed E-state index contributed by atoms with van der Waals surface area (Å²) in [6, 6.07) is 5.10. The van der Waals surface area contributed by atoms with Gasteiger partial charge in [-0.05, 0) is 40.7 Å². The van der Waals surface area contributed by atoms with Crippen molar-refractivity contribution in [3.05, 3.63) is 33.9 Å². The van der Waals surface area contributed by atoms with E-state index in [0.717, 1.165) is 0 Å². The van der Waals surface area contributed by atoms with Crippen molar-refractivity contribution >= 4 is 11.4 Å². The average Bonchev–Trinajstić information content (AvgIpc) is 2.14. The summed E-state index contributed by atoms with van der Waals surface area (Å²) in [5, 5.41) is 24.2. The molecule has 0 spiro atoms. The standard InChI is InChI=1S/C13H20N2O3/c1-9-7-6-8-10(11(9)15(17)18)14-12(2,3)13(4,5)16/h6-8,14,16H,1-5H3. The molecular weight excluding hydrogens is 232 g/mol. The molecule has 1 aromatic carbocycles. The monoisotopic (exact) mass is 252 g/mol. The zero-order valence-corrected chi connectivity index (χ0v) is 11.4. The van der Waals surface area contributed by atoms with E-state index in [1.54, 1.807) is 52.8 Å². The lowest BCUT2D eigenvalue weighted by Crippen LogP contribution is -2.51. The maximum atomic E-state index is 11.1. The van der Waals surface area contributed by atoms with Crippen LogP contribution in [0.2, 0.25) is 0 Å². The molecular formula is C13H20N2O3. The maximum Gasteiger partial charge on any atom is 0.295 e. The van der Waals surface area contributed by atoms with Gasteiger partial charge in [0.25, 0.3) is 5.69 Å². The van der Waals surface area contributed by atoms with E-state index < -0.39 is 16.1 Å². The number of nitro groups is 1. The molecule has 0 unspecified atom stereocenters. The summed E-state index contributed by atoms with van der Waals surface area (Å²) in [6.07, 6.45) is 0. The summed E-state index contributed by atoms with van der Waals surface area (Å²) < 4.78 is 0. The Bertz CT molecular complexity index is 462. The summed E-state index contributed by atoms with van der Waals surface area (Å²) in [5.74, 6) is 0. The lowest BCUT2D eigenvalue weighted by molar-refractivity contribution is -0.384. The number of benzene rings is 1. The number of nitrogens with one attached hydrogen (secondary N) is 1. The number of rotatable bonds is 4. The van der Waals surface area contributed by atoms with Gasteiger partial charge in [0.05, 0.1) is 16.1 Å². The Balaban J connectivity index is 3.21. The fourth-order valence-electron chi connectivity index (χ4n) is 1.49. The van der Waals surface area contributed by atoms with Crippen molar-refractivity contribution in [3.63, 3.8) is 0 Å². The Hall–Kier alpha value is -1.62. The molecule has 0 aliphatic rings. The molecule has 0 amide bonds. The molecule has 0 heterocycles. The second-order valence-electron chi connectivity index (χ2n) is 5.54. The van der Waals surface area contributed by atoms with Crippen LogP contribution in [0.4, 0.5) is 11.4 Å². The minimum atomic E-state index is -1.01. The predicted octanol–water partition coefficient (Wildman–Crippen LogP) is 2.86. The van der Waals surface area contributed by atoms with Crippen LogP contribution < -0.4 is 5.32 Å². The van der Waals surface area contributed by atoms with Gasteiger partial charge in [0.15, 0.2) is 0 Å². The first-order valence-corrected chi connectivity index (χ1v) is 5.81. The highest BCUT2D eigenvalue weighted by Gasteiger charge is 2.36. The van der Waals surface area contributed by atoms with Crippen LogP contribution in [0, 0.1) is 17.0 Å². The second kappa shape index (κ2) is 4.57. The first-order chi connectivity index (χ1) is 8.06. The van der Waals surface area contributed by atoms with Crippen molar-refractivity contribution in [2.45, 2.75) is 45.8 Å². The predicted molar refractivity (Wildman–Crippen MR) is 71.8 cm³/mol. The Labute approximate surface area is 107 Å². The molecule has 2 N–H and O–H groups in total. The van der Waals surface area contributed by atoms with E-state index in [2.05, 4.69) is 5.32 Å². The van der Waals surface area contributed by atoms with Gasteiger partial charge in [-0.3, -0.25) is 10.1 Å². The highest BCUT2D eigenvalue weighted by molar-refractivity contribution is 5.66. The SMILES string of the molecule is Cc1cccc(NC(C)(C)C(C)(C)O)c1[N+](=O)[O-]. The number of para-hydroxylation sites is 1. The summed E-state index contributed by atoms with van der Waals surface area (Å²) in [6.45, 7) is 8.64. The maximum absolute atomic E-state index is 11.1. The molecule has 18 heavy (non-hydrogen) atoms. The molecule has 0 radical (unpaired) electrons. The molecule has 0 aliphatic heterocycles. The second-order valence-corrected chi connectivity index (χ2v) is 5.54. The van der Waals surface area contributed by atoms with Crippen LogP contribution in [-0.4, -0.2) is 21.2 Å². The molecule has 0 bridgehead atoms. The van der Waals surface area contributed by atoms with E-state index in [0.29, 0.717) is 11.3 Å². The van der Waals surface area contributed by atoms with Crippen molar-refractivity contribution < 1.29 is 10.0 Å². The Morgan fingerprint density at radius 3 is 2.28 bits per heavy atom. The molecule has 1 aromatic rings. The fourth-order valence-corrected chi connectivity index (χ4v) is 1.49. The minimum Gasteiger partial charge on any atom is -0.388 e. The van der Waals surface area contributed by atoms with Crippen molar-refractivity contribution in [1.29, 1.82) is 0 Å². The minimum absolute atomic E-state index is 0.0508. The van der Waals surface area contributed by atoms with Gasteiger partial charge in [0, 0.05) is 5.56 Å². The van der Waals surface area contributed by atoms with Gasteiger partial charge in [-0.15, -0.1) is 0 Å². The number of nitrogens with zero attached hydrogens (tertiary/aromatic N) is 1. The van der Waals surface area contributed by atoms with Gasteiger partial charge in [-0.25, -0.2) is 0 Å². The molecule has 0 aromatic heterocycles. The molecule has 0 saturated carbocycles. The fraction of sp³-hybridized carbons (Fsp3) is 0.538. The van der Waals surface area contributed by atoms with Gasteiger partial charge >= 0.3 is 0 Å². The summed E-state index contributed by atoms with van der Waals surface area (Å²) >= 11 is 0. The van der Waals surface area contributed by atoms with Crippen molar-refractivity contribution in [2.24, 2.45) is 0 Å². The van der Waals surface area contributed by atoms with Gasteiger partial charge in [-0.1, -0.05) is 12.1 Å². The van der Waals surface area contributed by atoms with Crippen molar-refractivity contribution in [3.8, 4) is 0 Å². The number of hydrogen-bond acceptors (Lipinski definition) is 4. The van der Waals surface area contributed by atoms with Crippen LogP contribution in [0.5, 0.6) is 0 Å². The number of hydrogen-bond donors (Lipinski definition) is 2. The third kappa shape index (κ3) is 2.79. The van der Waals surface area contributed by atoms with Crippen molar-refractivity contribution in [2.75, 3.05) is 5.32 Å². The van der Waals surface area contributed by atoms with Crippen LogP contribution >= 0.6 is 0 Å². The Kier molecular flexibility index (Phi) is 3.67. The van der Waals surface area contributed by atoms with Crippen LogP contribution in [0.15, 0.2) is 18.2 Å². The molecule has 5 heteroatoms. The van der Waals surface area contributed by atoms with Gasteiger partial charge in [0.2, 0.25) is 0 Å². The lowest BCUT2D eigenvalue weighted by atomic mass is 9.85. The van der Waals surface area contributed by atoms with Gasteiger partial charge < -0.3 is 10.4 Å². The molecule has 5 nitrogen and oxygen atoms in total. The zero-order valence-electron chi connectivity index (χ0n) is 11.4. The number of aryl methyl sites for hydroxylation is 1. The third-order valence-electron chi connectivity index (χ3n) is 3.40. The summed E-state index contributed by atoms with van der Waals surface area (Å²) in [5.41, 5.74) is -0.630. The Morgan fingerprint density at radius 1 is 1.28 bits per heavy atom. The molecule has 0 atom stereocenters. The highest BCUT2D eigenvalue weighted by atomic mass is 16.6. The van der Waals surface area contributed by atoms with E-state index in [9.17, 15) is 15.2 Å². The first kappa shape index (κ1) is 14.4. The zero-order chi connectivity index (χ0) is 14.1.